The lowest BCUT2D eigenvalue weighted by Gasteiger charge is -2.17. The first-order valence-electron chi connectivity index (χ1n) is 8.74. The molecule has 0 atom stereocenters. The molecule has 0 aliphatic heterocycles. The fourth-order valence-corrected chi connectivity index (χ4v) is 2.71. The zero-order chi connectivity index (χ0) is 16.5. The van der Waals surface area contributed by atoms with Crippen LogP contribution in [0.5, 0.6) is 5.88 Å². The first kappa shape index (κ1) is 21.0. The quantitative estimate of drug-likeness (QED) is 0.381. The lowest BCUT2D eigenvalue weighted by atomic mass is 10.1. The number of ether oxygens (including phenoxy) is 1. The summed E-state index contributed by atoms with van der Waals surface area (Å²) in [5.41, 5.74) is 1.08. The standard InChI is InChI=1S/C18H30N4O.HI/c1-14(2)10-12-21-18(19-3)22-13-15-7-6-11-20-17(15)23-16-8-4-5-9-16;/h6-7,11,14,16H,4-5,8-10,12-13H2,1-3H3,(H2,19,21,22);1H. The first-order chi connectivity index (χ1) is 11.2. The van der Waals surface area contributed by atoms with E-state index < -0.39 is 0 Å². The predicted octanol–water partition coefficient (Wildman–Crippen LogP) is 3.73. The van der Waals surface area contributed by atoms with E-state index in [9.17, 15) is 0 Å². The van der Waals surface area contributed by atoms with E-state index in [0.717, 1.165) is 43.2 Å². The van der Waals surface area contributed by atoms with Crippen LogP contribution in [-0.2, 0) is 6.54 Å². The summed E-state index contributed by atoms with van der Waals surface area (Å²) in [7, 11) is 1.80. The largest absolute Gasteiger partial charge is 0.474 e. The summed E-state index contributed by atoms with van der Waals surface area (Å²) < 4.78 is 6.07. The van der Waals surface area contributed by atoms with Gasteiger partial charge in [0.2, 0.25) is 5.88 Å². The fourth-order valence-electron chi connectivity index (χ4n) is 2.71. The third kappa shape index (κ3) is 7.23. The summed E-state index contributed by atoms with van der Waals surface area (Å²) in [6.07, 6.45) is 8.05. The Bertz CT molecular complexity index is 502. The van der Waals surface area contributed by atoms with E-state index in [0.29, 0.717) is 18.6 Å². The number of pyridine rings is 1. The minimum absolute atomic E-state index is 0. The zero-order valence-corrected chi connectivity index (χ0v) is 17.4. The molecule has 0 aromatic carbocycles. The molecule has 2 N–H and O–H groups in total. The number of nitrogens with one attached hydrogen (secondary N) is 2. The van der Waals surface area contributed by atoms with Gasteiger partial charge in [-0.1, -0.05) is 19.9 Å². The van der Waals surface area contributed by atoms with Crippen LogP contribution in [0.2, 0.25) is 0 Å². The monoisotopic (exact) mass is 446 g/mol. The van der Waals surface area contributed by atoms with Gasteiger partial charge >= 0.3 is 0 Å². The van der Waals surface area contributed by atoms with Crippen LogP contribution < -0.4 is 15.4 Å². The molecule has 1 fully saturated rings. The van der Waals surface area contributed by atoms with Gasteiger partial charge in [0, 0.05) is 31.9 Å². The van der Waals surface area contributed by atoms with E-state index in [1.165, 1.54) is 12.8 Å². The van der Waals surface area contributed by atoms with Crippen molar-refractivity contribution in [2.45, 2.75) is 58.6 Å². The van der Waals surface area contributed by atoms with Gasteiger partial charge in [0.15, 0.2) is 5.96 Å². The molecule has 1 aromatic heterocycles. The molecule has 1 saturated carbocycles. The molecule has 0 radical (unpaired) electrons. The maximum absolute atomic E-state index is 6.07. The Morgan fingerprint density at radius 2 is 2.08 bits per heavy atom. The van der Waals surface area contributed by atoms with Gasteiger partial charge in [0.25, 0.3) is 0 Å². The number of aromatic nitrogens is 1. The van der Waals surface area contributed by atoms with Crippen LogP contribution in [0.4, 0.5) is 0 Å². The lowest BCUT2D eigenvalue weighted by molar-refractivity contribution is 0.199. The molecule has 1 aliphatic rings. The summed E-state index contributed by atoms with van der Waals surface area (Å²) in [4.78, 5) is 8.67. The Morgan fingerprint density at radius 3 is 2.75 bits per heavy atom. The fraction of sp³-hybridized carbons (Fsp3) is 0.667. The summed E-state index contributed by atoms with van der Waals surface area (Å²) in [5.74, 6) is 2.26. The number of nitrogens with zero attached hydrogens (tertiary/aromatic N) is 2. The summed E-state index contributed by atoms with van der Waals surface area (Å²) >= 11 is 0. The Balaban J connectivity index is 0.00000288. The minimum Gasteiger partial charge on any atom is -0.474 e. The molecule has 0 bridgehead atoms. The highest BCUT2D eigenvalue weighted by molar-refractivity contribution is 14.0. The number of rotatable bonds is 7. The van der Waals surface area contributed by atoms with Crippen molar-refractivity contribution in [3.63, 3.8) is 0 Å². The maximum atomic E-state index is 6.07. The third-order valence-electron chi connectivity index (χ3n) is 4.11. The van der Waals surface area contributed by atoms with Crippen molar-refractivity contribution >= 4 is 29.9 Å². The predicted molar refractivity (Wildman–Crippen MR) is 110 cm³/mol. The normalized spacial score (nSPS) is 15.2. The number of aliphatic imine (C=N–C) groups is 1. The Hall–Kier alpha value is -1.05. The number of hydrogen-bond acceptors (Lipinski definition) is 3. The average molecular weight is 446 g/mol. The molecule has 1 aliphatic carbocycles. The number of guanidine groups is 1. The van der Waals surface area contributed by atoms with Gasteiger partial charge < -0.3 is 15.4 Å². The lowest BCUT2D eigenvalue weighted by Crippen LogP contribution is -2.37. The first-order valence-corrected chi connectivity index (χ1v) is 8.74. The van der Waals surface area contributed by atoms with Crippen molar-refractivity contribution in [2.75, 3.05) is 13.6 Å². The average Bonchev–Trinajstić information content (AvgIpc) is 3.04. The van der Waals surface area contributed by atoms with Gasteiger partial charge in [-0.3, -0.25) is 4.99 Å². The highest BCUT2D eigenvalue weighted by Crippen LogP contribution is 2.24. The molecule has 1 heterocycles. The third-order valence-corrected chi connectivity index (χ3v) is 4.11. The van der Waals surface area contributed by atoms with Crippen LogP contribution in [0.3, 0.4) is 0 Å². The van der Waals surface area contributed by atoms with Crippen molar-refractivity contribution in [3.05, 3.63) is 23.9 Å². The highest BCUT2D eigenvalue weighted by atomic mass is 127. The summed E-state index contributed by atoms with van der Waals surface area (Å²) in [6, 6.07) is 4.01. The second-order valence-electron chi connectivity index (χ2n) is 6.53. The summed E-state index contributed by atoms with van der Waals surface area (Å²) in [5, 5.41) is 6.68. The van der Waals surface area contributed by atoms with Gasteiger partial charge in [0.1, 0.15) is 6.10 Å². The van der Waals surface area contributed by atoms with Gasteiger partial charge in [-0.2, -0.15) is 0 Å². The molecule has 5 nitrogen and oxygen atoms in total. The van der Waals surface area contributed by atoms with Gasteiger partial charge in [-0.25, -0.2) is 4.98 Å². The van der Waals surface area contributed by atoms with Crippen molar-refractivity contribution < 1.29 is 4.74 Å². The second kappa shape index (κ2) is 11.5. The second-order valence-corrected chi connectivity index (χ2v) is 6.53. The van der Waals surface area contributed by atoms with Crippen LogP contribution in [0.1, 0.15) is 51.5 Å². The van der Waals surface area contributed by atoms with Crippen LogP contribution in [-0.4, -0.2) is 30.6 Å². The molecule has 6 heteroatoms. The van der Waals surface area contributed by atoms with E-state index in [1.54, 1.807) is 13.2 Å². The van der Waals surface area contributed by atoms with Gasteiger partial charge in [-0.05, 0) is 44.1 Å². The van der Waals surface area contributed by atoms with E-state index in [-0.39, 0.29) is 24.0 Å². The smallest absolute Gasteiger partial charge is 0.218 e. The molecular weight excluding hydrogens is 415 g/mol. The van der Waals surface area contributed by atoms with Crippen molar-refractivity contribution in [3.8, 4) is 5.88 Å². The molecule has 0 amide bonds. The maximum Gasteiger partial charge on any atom is 0.218 e. The Morgan fingerprint density at radius 1 is 1.33 bits per heavy atom. The Kier molecular flexibility index (Phi) is 10.1. The van der Waals surface area contributed by atoms with Crippen molar-refractivity contribution in [2.24, 2.45) is 10.9 Å². The van der Waals surface area contributed by atoms with Crippen LogP contribution in [0, 0.1) is 5.92 Å². The molecule has 2 rings (SSSR count). The van der Waals surface area contributed by atoms with Crippen LogP contribution >= 0.6 is 24.0 Å². The van der Waals surface area contributed by atoms with Crippen molar-refractivity contribution in [1.29, 1.82) is 0 Å². The van der Waals surface area contributed by atoms with E-state index in [1.807, 2.05) is 6.07 Å². The zero-order valence-electron chi connectivity index (χ0n) is 15.0. The molecule has 1 aromatic rings. The topological polar surface area (TPSA) is 58.5 Å². The van der Waals surface area contributed by atoms with E-state index >= 15 is 0 Å². The Labute approximate surface area is 163 Å². The van der Waals surface area contributed by atoms with E-state index in [4.69, 9.17) is 4.74 Å². The molecule has 136 valence electrons. The van der Waals surface area contributed by atoms with Gasteiger partial charge in [-0.15, -0.1) is 24.0 Å². The minimum atomic E-state index is 0. The number of hydrogen-bond donors (Lipinski definition) is 2. The highest BCUT2D eigenvalue weighted by Gasteiger charge is 2.18. The molecule has 0 unspecified atom stereocenters. The van der Waals surface area contributed by atoms with Crippen LogP contribution in [0.25, 0.3) is 0 Å². The molecule has 24 heavy (non-hydrogen) atoms. The number of halogens is 1. The summed E-state index contributed by atoms with van der Waals surface area (Å²) in [6.45, 7) is 6.04. The SMILES string of the molecule is CN=C(NCCC(C)C)NCc1cccnc1OC1CCCC1.I. The molecular formula is C18H31IN4O. The van der Waals surface area contributed by atoms with Crippen LogP contribution in [0.15, 0.2) is 23.3 Å². The molecule has 0 saturated heterocycles. The van der Waals surface area contributed by atoms with Crippen molar-refractivity contribution in [1.82, 2.24) is 15.6 Å². The van der Waals surface area contributed by atoms with Gasteiger partial charge in [0.05, 0.1) is 0 Å². The van der Waals surface area contributed by atoms with E-state index in [2.05, 4.69) is 40.5 Å². The molecule has 0 spiro atoms.